The quantitative estimate of drug-likeness (QED) is 0.701. The van der Waals surface area contributed by atoms with Crippen LogP contribution in [0.4, 0.5) is 0 Å². The van der Waals surface area contributed by atoms with Gasteiger partial charge in [0.1, 0.15) is 23.5 Å². The molecule has 0 unspecified atom stereocenters. The molecular formula is C11H11N3O4S2. The lowest BCUT2D eigenvalue weighted by Crippen LogP contribution is -2.70. The molecule has 2 heterocycles. The summed E-state index contributed by atoms with van der Waals surface area (Å²) in [4.78, 5) is 36.5. The lowest BCUT2D eigenvalue weighted by Gasteiger charge is -2.49. The van der Waals surface area contributed by atoms with Crippen LogP contribution in [-0.4, -0.2) is 51.2 Å². The maximum absolute atomic E-state index is 12.0. The molecule has 0 aromatic carbocycles. The van der Waals surface area contributed by atoms with Crippen molar-refractivity contribution in [1.29, 1.82) is 5.26 Å². The van der Waals surface area contributed by atoms with Crippen molar-refractivity contribution in [2.45, 2.75) is 17.8 Å². The minimum absolute atomic E-state index is 0.00275. The number of hydrogen-bond donors (Lipinski definition) is 2. The molecule has 2 rings (SSSR count). The van der Waals surface area contributed by atoms with Crippen molar-refractivity contribution < 1.29 is 19.5 Å². The molecule has 0 bridgehead atoms. The molecule has 0 aromatic rings. The van der Waals surface area contributed by atoms with Gasteiger partial charge < -0.3 is 10.4 Å². The normalized spacial score (nSPS) is 24.6. The zero-order chi connectivity index (χ0) is 14.9. The lowest BCUT2D eigenvalue weighted by molar-refractivity contribution is -0.150. The van der Waals surface area contributed by atoms with E-state index >= 15 is 0 Å². The van der Waals surface area contributed by atoms with Gasteiger partial charge in [-0.1, -0.05) is 0 Å². The third-order valence-corrected chi connectivity index (χ3v) is 5.23. The van der Waals surface area contributed by atoms with Gasteiger partial charge in [-0.2, -0.15) is 5.26 Å². The predicted octanol–water partition coefficient (Wildman–Crippen LogP) is -0.0408. The predicted molar refractivity (Wildman–Crippen MR) is 73.4 cm³/mol. The first-order valence-electron chi connectivity index (χ1n) is 5.62. The Bertz CT molecular complexity index is 554. The number of aliphatic carboxylic acids is 1. The van der Waals surface area contributed by atoms with Gasteiger partial charge in [0.25, 0.3) is 5.91 Å². The first-order valence-corrected chi connectivity index (χ1v) is 7.90. The second kappa shape index (κ2) is 5.76. The molecule has 2 amide bonds. The Hall–Kier alpha value is -1.66. The van der Waals surface area contributed by atoms with Gasteiger partial charge in [-0.05, 0) is 6.26 Å². The number of thioether (sulfide) groups is 2. The third kappa shape index (κ3) is 2.36. The second-order valence-corrected chi connectivity index (χ2v) is 6.08. The van der Waals surface area contributed by atoms with E-state index in [4.69, 9.17) is 5.26 Å². The molecule has 20 heavy (non-hydrogen) atoms. The SMILES string of the molecule is CSC1=C(C(=O)O)N2C(=O)[C@@H](NC(=O)CC#N)[C@H]2SC1. The highest BCUT2D eigenvalue weighted by molar-refractivity contribution is 8.05. The number of carboxylic acid groups (broad SMARTS) is 1. The summed E-state index contributed by atoms with van der Waals surface area (Å²) < 4.78 is 0. The van der Waals surface area contributed by atoms with E-state index < -0.39 is 29.2 Å². The molecule has 0 aromatic heterocycles. The van der Waals surface area contributed by atoms with Crippen LogP contribution in [0.1, 0.15) is 6.42 Å². The Morgan fingerprint density at radius 3 is 2.90 bits per heavy atom. The molecule has 0 aliphatic carbocycles. The minimum Gasteiger partial charge on any atom is -0.477 e. The molecule has 0 saturated carbocycles. The number of hydrogen-bond acceptors (Lipinski definition) is 6. The Morgan fingerprint density at radius 1 is 1.65 bits per heavy atom. The standard InChI is InChI=1S/C11H11N3O4S2/c1-19-5-4-20-10-7(13-6(15)2-3-12)9(16)14(10)8(5)11(17)18/h7,10H,2,4H2,1H3,(H,13,15)(H,17,18)/t7-,10-/m1/s1. The Kier molecular flexibility index (Phi) is 4.25. The molecule has 0 radical (unpaired) electrons. The fraction of sp³-hybridized carbons (Fsp3) is 0.455. The monoisotopic (exact) mass is 313 g/mol. The van der Waals surface area contributed by atoms with Crippen LogP contribution in [0.3, 0.4) is 0 Å². The summed E-state index contributed by atoms with van der Waals surface area (Å²) >= 11 is 2.70. The number of nitrogens with one attached hydrogen (secondary N) is 1. The van der Waals surface area contributed by atoms with Crippen LogP contribution in [0.15, 0.2) is 10.6 Å². The minimum atomic E-state index is -1.14. The van der Waals surface area contributed by atoms with Crippen molar-refractivity contribution in [1.82, 2.24) is 10.2 Å². The van der Waals surface area contributed by atoms with E-state index in [9.17, 15) is 19.5 Å². The molecule has 0 spiro atoms. The van der Waals surface area contributed by atoms with E-state index in [-0.39, 0.29) is 12.1 Å². The third-order valence-electron chi connectivity index (χ3n) is 2.94. The average molecular weight is 313 g/mol. The van der Waals surface area contributed by atoms with Gasteiger partial charge >= 0.3 is 5.97 Å². The van der Waals surface area contributed by atoms with Gasteiger partial charge in [0.15, 0.2) is 0 Å². The van der Waals surface area contributed by atoms with Crippen molar-refractivity contribution >= 4 is 41.3 Å². The number of fused-ring (bicyclic) bond motifs is 1. The number of carbonyl (C=O) groups is 3. The highest BCUT2D eigenvalue weighted by Gasteiger charge is 2.54. The van der Waals surface area contributed by atoms with Crippen LogP contribution in [0.25, 0.3) is 0 Å². The molecular weight excluding hydrogens is 302 g/mol. The molecule has 9 heteroatoms. The van der Waals surface area contributed by atoms with Gasteiger partial charge in [-0.15, -0.1) is 23.5 Å². The van der Waals surface area contributed by atoms with Crippen molar-refractivity contribution in [2.75, 3.05) is 12.0 Å². The first-order chi connectivity index (χ1) is 9.51. The van der Waals surface area contributed by atoms with Crippen LogP contribution in [0.2, 0.25) is 0 Å². The Balaban J connectivity index is 2.17. The van der Waals surface area contributed by atoms with E-state index in [1.807, 2.05) is 0 Å². The summed E-state index contributed by atoms with van der Waals surface area (Å²) in [7, 11) is 0. The number of nitriles is 1. The number of nitrogens with zero attached hydrogens (tertiary/aromatic N) is 2. The smallest absolute Gasteiger partial charge is 0.353 e. The lowest BCUT2D eigenvalue weighted by atomic mass is 10.0. The number of rotatable bonds is 4. The van der Waals surface area contributed by atoms with Gasteiger partial charge in [-0.25, -0.2) is 4.79 Å². The number of amides is 2. The Labute approximate surface area is 123 Å². The highest BCUT2D eigenvalue weighted by Crippen LogP contribution is 2.42. The van der Waals surface area contributed by atoms with Crippen molar-refractivity contribution in [3.63, 3.8) is 0 Å². The summed E-state index contributed by atoms with van der Waals surface area (Å²) in [5.74, 6) is -1.63. The van der Waals surface area contributed by atoms with E-state index in [1.165, 1.54) is 28.4 Å². The van der Waals surface area contributed by atoms with Gasteiger partial charge in [0.2, 0.25) is 5.91 Å². The summed E-state index contributed by atoms with van der Waals surface area (Å²) in [6, 6.07) is 0.949. The van der Waals surface area contributed by atoms with E-state index in [1.54, 1.807) is 12.3 Å². The molecule has 2 aliphatic heterocycles. The summed E-state index contributed by atoms with van der Waals surface area (Å²) in [5, 5.41) is 19.7. The van der Waals surface area contributed by atoms with E-state index in [0.717, 1.165) is 0 Å². The fourth-order valence-corrected chi connectivity index (χ4v) is 4.29. The van der Waals surface area contributed by atoms with Crippen molar-refractivity contribution in [3.8, 4) is 6.07 Å². The molecule has 1 fully saturated rings. The maximum atomic E-state index is 12.0. The van der Waals surface area contributed by atoms with Crippen molar-refractivity contribution in [2.24, 2.45) is 0 Å². The van der Waals surface area contributed by atoms with Crippen LogP contribution in [-0.2, 0) is 14.4 Å². The average Bonchev–Trinajstić information content (AvgIpc) is 2.43. The fourth-order valence-electron chi connectivity index (χ4n) is 2.04. The summed E-state index contributed by atoms with van der Waals surface area (Å²) in [6.45, 7) is 0. The summed E-state index contributed by atoms with van der Waals surface area (Å²) in [6.07, 6.45) is 1.44. The highest BCUT2D eigenvalue weighted by atomic mass is 32.2. The molecule has 2 aliphatic rings. The second-order valence-electron chi connectivity index (χ2n) is 4.07. The molecule has 7 nitrogen and oxygen atoms in total. The molecule has 106 valence electrons. The Morgan fingerprint density at radius 2 is 2.35 bits per heavy atom. The van der Waals surface area contributed by atoms with Crippen LogP contribution < -0.4 is 5.32 Å². The van der Waals surface area contributed by atoms with Gasteiger partial charge in [0, 0.05) is 10.7 Å². The zero-order valence-electron chi connectivity index (χ0n) is 10.5. The largest absolute Gasteiger partial charge is 0.477 e. The van der Waals surface area contributed by atoms with Gasteiger partial charge in [-0.3, -0.25) is 14.5 Å². The molecule has 2 N–H and O–H groups in total. The zero-order valence-corrected chi connectivity index (χ0v) is 12.1. The van der Waals surface area contributed by atoms with Gasteiger partial charge in [0.05, 0.1) is 6.07 Å². The van der Waals surface area contributed by atoms with E-state index in [2.05, 4.69) is 5.32 Å². The molecule has 1 saturated heterocycles. The van der Waals surface area contributed by atoms with E-state index in [0.29, 0.717) is 10.7 Å². The van der Waals surface area contributed by atoms with Crippen LogP contribution in [0.5, 0.6) is 0 Å². The summed E-state index contributed by atoms with van der Waals surface area (Å²) in [5.41, 5.74) is -0.00275. The maximum Gasteiger partial charge on any atom is 0.353 e. The molecule has 2 atom stereocenters. The first kappa shape index (κ1) is 14.7. The topological polar surface area (TPSA) is 110 Å². The number of carbonyl (C=O) groups excluding carboxylic acids is 2. The van der Waals surface area contributed by atoms with Crippen molar-refractivity contribution in [3.05, 3.63) is 10.6 Å². The van der Waals surface area contributed by atoms with Crippen LogP contribution in [0, 0.1) is 11.3 Å². The number of β-lactam (4-membered cyclic amide) rings is 1. The van der Waals surface area contributed by atoms with Crippen LogP contribution >= 0.6 is 23.5 Å². The number of carboxylic acids is 1.